The molecule has 0 bridgehead atoms. The molecular weight excluding hydrogens is 739 g/mol. The van der Waals surface area contributed by atoms with E-state index in [0.717, 1.165) is 67.2 Å². The minimum Gasteiger partial charge on any atom is -0.456 e. The molecule has 0 aliphatic carbocycles. The smallest absolute Gasteiger partial charge is 0.138 e. The van der Waals surface area contributed by atoms with E-state index in [0.29, 0.717) is 0 Å². The van der Waals surface area contributed by atoms with Crippen molar-refractivity contribution in [3.05, 3.63) is 236 Å². The lowest BCUT2D eigenvalue weighted by Crippen LogP contribution is -2.11. The molecule has 0 unspecified atom stereocenters. The molecule has 0 atom stereocenters. The van der Waals surface area contributed by atoms with E-state index >= 15 is 0 Å². The highest BCUT2D eigenvalue weighted by atomic mass is 16.3. The zero-order valence-corrected chi connectivity index (χ0v) is 33.8. The molecule has 2 nitrogen and oxygen atoms in total. The van der Waals surface area contributed by atoms with E-state index in [2.05, 4.69) is 230 Å². The van der Waals surface area contributed by atoms with Gasteiger partial charge in [0.15, 0.2) is 0 Å². The Hall–Kier alpha value is -7.94. The molecule has 11 rings (SSSR count). The minimum atomic E-state index is 0.913. The van der Waals surface area contributed by atoms with Crippen LogP contribution in [-0.2, 0) is 0 Å². The molecule has 10 aromatic carbocycles. The fourth-order valence-electron chi connectivity index (χ4n) is 8.90. The predicted molar refractivity (Wildman–Crippen MR) is 258 cm³/mol. The number of hydrogen-bond acceptors (Lipinski definition) is 2. The van der Waals surface area contributed by atoms with Gasteiger partial charge in [-0.15, -0.1) is 0 Å². The molecular formula is C59H41NO. The summed E-state index contributed by atoms with van der Waals surface area (Å²) in [5, 5.41) is 6.22. The summed E-state index contributed by atoms with van der Waals surface area (Å²) in [6.07, 6.45) is 0. The first-order valence-corrected chi connectivity index (χ1v) is 20.9. The van der Waals surface area contributed by atoms with Gasteiger partial charge in [-0.25, -0.2) is 0 Å². The van der Waals surface area contributed by atoms with Gasteiger partial charge in [-0.2, -0.15) is 0 Å². The third kappa shape index (κ3) is 6.75. The molecule has 0 aliphatic heterocycles. The van der Waals surface area contributed by atoms with Crippen molar-refractivity contribution in [3.8, 4) is 55.8 Å². The highest BCUT2D eigenvalue weighted by Crippen LogP contribution is 2.43. The van der Waals surface area contributed by atoms with Crippen molar-refractivity contribution in [2.24, 2.45) is 0 Å². The molecule has 0 N–H and O–H groups in total. The number of rotatable bonds is 8. The van der Waals surface area contributed by atoms with E-state index < -0.39 is 0 Å². The van der Waals surface area contributed by atoms with Crippen molar-refractivity contribution < 1.29 is 4.42 Å². The zero-order chi connectivity index (χ0) is 40.7. The molecule has 0 aliphatic rings. The molecule has 0 amide bonds. The molecule has 288 valence electrons. The van der Waals surface area contributed by atoms with Crippen LogP contribution in [0.2, 0.25) is 0 Å². The van der Waals surface area contributed by atoms with Gasteiger partial charge in [0.25, 0.3) is 0 Å². The maximum atomic E-state index is 6.37. The number of furan rings is 1. The summed E-state index contributed by atoms with van der Waals surface area (Å²) in [5.41, 5.74) is 15.8. The van der Waals surface area contributed by atoms with Crippen molar-refractivity contribution in [1.82, 2.24) is 0 Å². The highest BCUT2D eigenvalue weighted by molar-refractivity contribution is 6.08. The van der Waals surface area contributed by atoms with Crippen molar-refractivity contribution in [2.45, 2.75) is 6.92 Å². The van der Waals surface area contributed by atoms with Gasteiger partial charge in [-0.1, -0.05) is 182 Å². The molecule has 0 fully saturated rings. The van der Waals surface area contributed by atoms with E-state index in [1.165, 1.54) is 43.8 Å². The Kier molecular flexibility index (Phi) is 9.09. The van der Waals surface area contributed by atoms with Crippen LogP contribution in [0.4, 0.5) is 17.1 Å². The van der Waals surface area contributed by atoms with E-state index in [-0.39, 0.29) is 0 Å². The Labute approximate surface area is 356 Å². The predicted octanol–water partition coefficient (Wildman–Crippen LogP) is 16.9. The van der Waals surface area contributed by atoms with E-state index in [1.807, 2.05) is 12.1 Å². The van der Waals surface area contributed by atoms with Gasteiger partial charge in [-0.05, 0) is 116 Å². The normalized spacial score (nSPS) is 11.4. The van der Waals surface area contributed by atoms with Crippen molar-refractivity contribution in [2.75, 3.05) is 4.90 Å². The summed E-state index contributed by atoms with van der Waals surface area (Å²) in [6.45, 7) is 2.14. The summed E-state index contributed by atoms with van der Waals surface area (Å²) in [4.78, 5) is 2.38. The van der Waals surface area contributed by atoms with E-state index in [4.69, 9.17) is 4.42 Å². The number of fused-ring (bicyclic) bond motifs is 4. The topological polar surface area (TPSA) is 16.4 Å². The van der Waals surface area contributed by atoms with Crippen LogP contribution in [0.25, 0.3) is 88.3 Å². The van der Waals surface area contributed by atoms with E-state index in [1.54, 1.807) is 0 Å². The molecule has 0 saturated heterocycles. The summed E-state index contributed by atoms with van der Waals surface area (Å²) >= 11 is 0. The van der Waals surface area contributed by atoms with Crippen LogP contribution >= 0.6 is 0 Å². The number of anilines is 3. The lowest BCUT2D eigenvalue weighted by molar-refractivity contribution is 0.629. The SMILES string of the molecule is Cc1c(-c2cccc(-c3ccc(N(c4ccc(-c5ccc6c(ccc7ccccc76)c5)cc4)c4ccccc4-c4ccc(-c5ccccc5)cc4)cc3)c2)oc2ccccc12. The lowest BCUT2D eigenvalue weighted by atomic mass is 9.96. The molecule has 0 radical (unpaired) electrons. The van der Waals surface area contributed by atoms with Crippen molar-refractivity contribution in [3.63, 3.8) is 0 Å². The molecule has 61 heavy (non-hydrogen) atoms. The van der Waals surface area contributed by atoms with Gasteiger partial charge in [0.05, 0.1) is 5.69 Å². The van der Waals surface area contributed by atoms with Gasteiger partial charge in [0.1, 0.15) is 11.3 Å². The van der Waals surface area contributed by atoms with Crippen LogP contribution in [0.1, 0.15) is 5.56 Å². The monoisotopic (exact) mass is 779 g/mol. The third-order valence-electron chi connectivity index (χ3n) is 12.1. The Balaban J connectivity index is 0.979. The van der Waals surface area contributed by atoms with Crippen LogP contribution in [0.3, 0.4) is 0 Å². The Bertz CT molecular complexity index is 3340. The number of nitrogens with zero attached hydrogens (tertiary/aromatic N) is 1. The second kappa shape index (κ2) is 15.3. The average molecular weight is 780 g/mol. The van der Waals surface area contributed by atoms with Gasteiger partial charge in [-0.3, -0.25) is 0 Å². The lowest BCUT2D eigenvalue weighted by Gasteiger charge is -2.28. The van der Waals surface area contributed by atoms with Crippen molar-refractivity contribution in [1.29, 1.82) is 0 Å². The highest BCUT2D eigenvalue weighted by Gasteiger charge is 2.19. The maximum Gasteiger partial charge on any atom is 0.138 e. The molecule has 11 aromatic rings. The first-order valence-electron chi connectivity index (χ1n) is 20.9. The Morgan fingerprint density at radius 2 is 0.836 bits per heavy atom. The first kappa shape index (κ1) is 36.2. The van der Waals surface area contributed by atoms with Crippen LogP contribution < -0.4 is 4.90 Å². The van der Waals surface area contributed by atoms with Gasteiger partial charge >= 0.3 is 0 Å². The number of aryl methyl sites for hydroxylation is 1. The van der Waals surface area contributed by atoms with Gasteiger partial charge in [0.2, 0.25) is 0 Å². The number of para-hydroxylation sites is 2. The summed E-state index contributed by atoms with van der Waals surface area (Å²) in [5.74, 6) is 0.917. The fourth-order valence-corrected chi connectivity index (χ4v) is 8.90. The summed E-state index contributed by atoms with van der Waals surface area (Å²) in [6, 6.07) is 83.0. The van der Waals surface area contributed by atoms with Gasteiger partial charge < -0.3 is 9.32 Å². The standard InChI is InChI=1S/C59H41NO/c1-40-53-17-8-10-21-58(53)61-59(40)50-16-11-15-47(39-50)43-28-33-51(34-29-43)60(57-20-9-7-19-56(57)46-24-22-42(23-25-46)41-12-3-2-4-13-41)52-35-30-44(31-36-52)48-32-37-55-49(38-48)27-26-45-14-5-6-18-54(45)55/h2-39H,1H3. The van der Waals surface area contributed by atoms with Crippen LogP contribution in [0, 0.1) is 6.92 Å². The van der Waals surface area contributed by atoms with Crippen LogP contribution in [0.5, 0.6) is 0 Å². The zero-order valence-electron chi connectivity index (χ0n) is 33.8. The minimum absolute atomic E-state index is 0.913. The maximum absolute atomic E-state index is 6.37. The second-order valence-corrected chi connectivity index (χ2v) is 15.7. The van der Waals surface area contributed by atoms with Gasteiger partial charge in [0, 0.05) is 33.5 Å². The number of benzene rings is 10. The molecule has 0 spiro atoms. The average Bonchev–Trinajstić information content (AvgIpc) is 3.68. The molecule has 0 saturated carbocycles. The Morgan fingerprint density at radius 3 is 1.59 bits per heavy atom. The molecule has 2 heteroatoms. The fraction of sp³-hybridized carbons (Fsp3) is 0.0169. The molecule has 1 aromatic heterocycles. The largest absolute Gasteiger partial charge is 0.456 e. The number of hydrogen-bond donors (Lipinski definition) is 0. The Morgan fingerprint density at radius 1 is 0.328 bits per heavy atom. The third-order valence-corrected chi connectivity index (χ3v) is 12.1. The van der Waals surface area contributed by atoms with Crippen LogP contribution in [-0.4, -0.2) is 0 Å². The van der Waals surface area contributed by atoms with Crippen LogP contribution in [0.15, 0.2) is 235 Å². The van der Waals surface area contributed by atoms with E-state index in [9.17, 15) is 0 Å². The quantitative estimate of drug-likeness (QED) is 0.143. The second-order valence-electron chi connectivity index (χ2n) is 15.7. The summed E-state index contributed by atoms with van der Waals surface area (Å²) < 4.78 is 6.37. The molecule has 1 heterocycles. The first-order chi connectivity index (χ1) is 30.1. The van der Waals surface area contributed by atoms with Crippen molar-refractivity contribution >= 4 is 49.6 Å². The summed E-state index contributed by atoms with van der Waals surface area (Å²) in [7, 11) is 0.